The number of carbonyl (C=O) groups is 1. The van der Waals surface area contributed by atoms with Crippen LogP contribution < -0.4 is 0 Å². The molecule has 1 aromatic heterocycles. The summed E-state index contributed by atoms with van der Waals surface area (Å²) < 4.78 is 1.97. The number of carbonyl (C=O) groups excluding carboxylic acids is 1. The fraction of sp³-hybridized carbons (Fsp3) is 0.500. The van der Waals surface area contributed by atoms with Crippen LogP contribution in [-0.4, -0.2) is 58.2 Å². The van der Waals surface area contributed by atoms with Gasteiger partial charge in [0.05, 0.1) is 12.5 Å². The first-order valence-corrected chi connectivity index (χ1v) is 9.31. The van der Waals surface area contributed by atoms with Crippen LogP contribution in [0, 0.1) is 0 Å². The molecule has 5 nitrogen and oxygen atoms in total. The Morgan fingerprint density at radius 1 is 1.08 bits per heavy atom. The molecule has 2 aromatic rings. The van der Waals surface area contributed by atoms with Gasteiger partial charge in [-0.1, -0.05) is 37.3 Å². The second-order valence-corrected chi connectivity index (χ2v) is 6.66. The second kappa shape index (κ2) is 10.3. The molecule has 1 unspecified atom stereocenters. The van der Waals surface area contributed by atoms with Gasteiger partial charge in [-0.3, -0.25) is 14.4 Å². The summed E-state index contributed by atoms with van der Waals surface area (Å²) in [6.07, 6.45) is 5.70. The lowest BCUT2D eigenvalue weighted by Crippen LogP contribution is -2.38. The van der Waals surface area contributed by atoms with E-state index >= 15 is 0 Å². The average molecular weight is 377 g/mol. The van der Waals surface area contributed by atoms with Crippen molar-refractivity contribution in [1.29, 1.82) is 0 Å². The fourth-order valence-corrected chi connectivity index (χ4v) is 3.55. The molecule has 2 heterocycles. The van der Waals surface area contributed by atoms with Crippen molar-refractivity contribution in [1.82, 2.24) is 19.6 Å². The van der Waals surface area contributed by atoms with Crippen molar-refractivity contribution < 1.29 is 4.79 Å². The number of halogens is 1. The van der Waals surface area contributed by atoms with Crippen LogP contribution in [0.25, 0.3) is 0 Å². The molecule has 3 rings (SSSR count). The van der Waals surface area contributed by atoms with E-state index in [9.17, 15) is 4.79 Å². The van der Waals surface area contributed by atoms with Gasteiger partial charge in [-0.2, -0.15) is 5.10 Å². The van der Waals surface area contributed by atoms with Gasteiger partial charge in [0.2, 0.25) is 5.91 Å². The van der Waals surface area contributed by atoms with Gasteiger partial charge in [0.25, 0.3) is 0 Å². The topological polar surface area (TPSA) is 41.4 Å². The molecule has 0 spiro atoms. The van der Waals surface area contributed by atoms with Crippen molar-refractivity contribution in [3.05, 3.63) is 54.4 Å². The highest BCUT2D eigenvalue weighted by Crippen LogP contribution is 2.22. The van der Waals surface area contributed by atoms with Crippen LogP contribution in [0.1, 0.15) is 31.2 Å². The van der Waals surface area contributed by atoms with E-state index in [2.05, 4.69) is 34.0 Å². The SMILES string of the molecule is CCC(C(=O)N1CCCN(CCn2cccn2)CC1)c1ccccc1.Cl. The summed E-state index contributed by atoms with van der Waals surface area (Å²) in [5, 5.41) is 4.26. The lowest BCUT2D eigenvalue weighted by atomic mass is 9.95. The highest BCUT2D eigenvalue weighted by molar-refractivity contribution is 5.85. The zero-order chi connectivity index (χ0) is 17.5. The van der Waals surface area contributed by atoms with Crippen molar-refractivity contribution in [3.63, 3.8) is 0 Å². The molecule has 142 valence electrons. The Kier molecular flexibility index (Phi) is 8.13. The van der Waals surface area contributed by atoms with Crippen molar-refractivity contribution in [2.24, 2.45) is 0 Å². The number of rotatable bonds is 6. The average Bonchev–Trinajstić information content (AvgIpc) is 3.05. The van der Waals surface area contributed by atoms with Crippen molar-refractivity contribution in [3.8, 4) is 0 Å². The Bertz CT molecular complexity index is 647. The number of hydrogen-bond acceptors (Lipinski definition) is 3. The summed E-state index contributed by atoms with van der Waals surface area (Å²) in [6, 6.07) is 12.1. The van der Waals surface area contributed by atoms with Crippen LogP contribution in [0.3, 0.4) is 0 Å². The Hall–Kier alpha value is -1.85. The first-order chi connectivity index (χ1) is 12.3. The Morgan fingerprint density at radius 3 is 2.58 bits per heavy atom. The fourth-order valence-electron chi connectivity index (χ4n) is 3.55. The summed E-state index contributed by atoms with van der Waals surface area (Å²) >= 11 is 0. The Labute approximate surface area is 162 Å². The molecule has 6 heteroatoms. The molecular weight excluding hydrogens is 348 g/mol. The summed E-state index contributed by atoms with van der Waals surface area (Å²) in [6.45, 7) is 7.67. The molecule has 1 aliphatic rings. The van der Waals surface area contributed by atoms with E-state index in [1.807, 2.05) is 41.3 Å². The number of aromatic nitrogens is 2. The first kappa shape index (κ1) is 20.5. The molecule has 26 heavy (non-hydrogen) atoms. The highest BCUT2D eigenvalue weighted by Gasteiger charge is 2.26. The lowest BCUT2D eigenvalue weighted by molar-refractivity contribution is -0.132. The molecule has 1 aromatic carbocycles. The molecular formula is C20H29ClN4O. The van der Waals surface area contributed by atoms with E-state index in [4.69, 9.17) is 0 Å². The van der Waals surface area contributed by atoms with Crippen LogP contribution in [0.4, 0.5) is 0 Å². The third-order valence-corrected chi connectivity index (χ3v) is 5.01. The predicted octanol–water partition coefficient (Wildman–Crippen LogP) is 3.03. The molecule has 1 fully saturated rings. The molecule has 1 saturated heterocycles. The zero-order valence-corrected chi connectivity index (χ0v) is 16.3. The first-order valence-electron chi connectivity index (χ1n) is 9.31. The molecule has 1 amide bonds. The van der Waals surface area contributed by atoms with Crippen LogP contribution >= 0.6 is 12.4 Å². The standard InChI is InChI=1S/C20H28N4O.ClH/c1-2-19(18-8-4-3-5-9-18)20(25)23-12-7-11-22(14-16-23)15-17-24-13-6-10-21-24;/h3-6,8-10,13,19H,2,7,11-12,14-17H2,1H3;1H. The largest absolute Gasteiger partial charge is 0.341 e. The zero-order valence-electron chi connectivity index (χ0n) is 15.5. The molecule has 1 aliphatic heterocycles. The van der Waals surface area contributed by atoms with E-state index in [-0.39, 0.29) is 24.2 Å². The van der Waals surface area contributed by atoms with Crippen molar-refractivity contribution in [2.75, 3.05) is 32.7 Å². The van der Waals surface area contributed by atoms with Gasteiger partial charge < -0.3 is 4.90 Å². The van der Waals surface area contributed by atoms with E-state index in [0.717, 1.165) is 57.7 Å². The summed E-state index contributed by atoms with van der Waals surface area (Å²) in [4.78, 5) is 17.5. The van der Waals surface area contributed by atoms with Crippen LogP contribution in [0.5, 0.6) is 0 Å². The van der Waals surface area contributed by atoms with Gasteiger partial charge in [-0.15, -0.1) is 12.4 Å². The predicted molar refractivity (Wildman–Crippen MR) is 107 cm³/mol. The maximum atomic E-state index is 13.0. The van der Waals surface area contributed by atoms with E-state index in [0.29, 0.717) is 0 Å². The third kappa shape index (κ3) is 5.32. The van der Waals surface area contributed by atoms with E-state index in [1.165, 1.54) is 0 Å². The lowest BCUT2D eigenvalue weighted by Gasteiger charge is -2.26. The van der Waals surface area contributed by atoms with E-state index < -0.39 is 0 Å². The van der Waals surface area contributed by atoms with Crippen molar-refractivity contribution >= 4 is 18.3 Å². The van der Waals surface area contributed by atoms with Crippen LogP contribution in [0.15, 0.2) is 48.8 Å². The van der Waals surface area contributed by atoms with Gasteiger partial charge in [0, 0.05) is 38.6 Å². The quantitative estimate of drug-likeness (QED) is 0.778. The summed E-state index contributed by atoms with van der Waals surface area (Å²) in [5.41, 5.74) is 1.13. The van der Waals surface area contributed by atoms with Crippen molar-refractivity contribution in [2.45, 2.75) is 32.2 Å². The Balaban J connectivity index is 0.00000243. The minimum Gasteiger partial charge on any atom is -0.341 e. The van der Waals surface area contributed by atoms with Gasteiger partial charge in [0.1, 0.15) is 0 Å². The van der Waals surface area contributed by atoms with Crippen LogP contribution in [0.2, 0.25) is 0 Å². The maximum absolute atomic E-state index is 13.0. The van der Waals surface area contributed by atoms with E-state index in [1.54, 1.807) is 0 Å². The number of benzene rings is 1. The normalized spacial score (nSPS) is 16.6. The van der Waals surface area contributed by atoms with Gasteiger partial charge >= 0.3 is 0 Å². The van der Waals surface area contributed by atoms with Gasteiger partial charge in [-0.05, 0) is 31.0 Å². The minimum atomic E-state index is -0.0168. The minimum absolute atomic E-state index is 0. The number of nitrogens with zero attached hydrogens (tertiary/aromatic N) is 4. The summed E-state index contributed by atoms with van der Waals surface area (Å²) in [7, 11) is 0. The highest BCUT2D eigenvalue weighted by atomic mass is 35.5. The number of amides is 1. The van der Waals surface area contributed by atoms with Gasteiger partial charge in [0.15, 0.2) is 0 Å². The number of hydrogen-bond donors (Lipinski definition) is 0. The van der Waals surface area contributed by atoms with Gasteiger partial charge in [-0.25, -0.2) is 0 Å². The maximum Gasteiger partial charge on any atom is 0.230 e. The Morgan fingerprint density at radius 2 is 1.88 bits per heavy atom. The molecule has 0 bridgehead atoms. The van der Waals surface area contributed by atoms with Crippen LogP contribution in [-0.2, 0) is 11.3 Å². The molecule has 0 saturated carbocycles. The second-order valence-electron chi connectivity index (χ2n) is 6.66. The smallest absolute Gasteiger partial charge is 0.230 e. The molecule has 0 aliphatic carbocycles. The third-order valence-electron chi connectivity index (χ3n) is 5.01. The summed E-state index contributed by atoms with van der Waals surface area (Å²) in [5.74, 6) is 0.263. The monoisotopic (exact) mass is 376 g/mol. The molecule has 0 radical (unpaired) electrons. The molecule has 1 atom stereocenters. The molecule has 0 N–H and O–H groups in total.